The van der Waals surface area contributed by atoms with Crippen LogP contribution >= 0.6 is 0 Å². The summed E-state index contributed by atoms with van der Waals surface area (Å²) in [6, 6.07) is 13.7. The summed E-state index contributed by atoms with van der Waals surface area (Å²) in [4.78, 5) is 9.74. The highest BCUT2D eigenvalue weighted by molar-refractivity contribution is 6.03. The van der Waals surface area contributed by atoms with Crippen molar-refractivity contribution in [2.24, 2.45) is 4.99 Å². The van der Waals surface area contributed by atoms with E-state index in [1.165, 1.54) is 5.69 Å². The minimum absolute atomic E-state index is 0.103. The van der Waals surface area contributed by atoms with Crippen LogP contribution in [0.2, 0.25) is 0 Å². The number of nitrogens with zero attached hydrogens (tertiary/aromatic N) is 2. The molecule has 0 bridgehead atoms. The minimum Gasteiger partial charge on any atom is -0.497 e. The molecule has 0 saturated heterocycles. The van der Waals surface area contributed by atoms with Crippen LogP contribution in [0, 0.1) is 0 Å². The van der Waals surface area contributed by atoms with Crippen molar-refractivity contribution in [3.8, 4) is 11.6 Å². The number of aromatic nitrogens is 1. The van der Waals surface area contributed by atoms with Crippen molar-refractivity contribution in [3.63, 3.8) is 0 Å². The molecule has 25 heavy (non-hydrogen) atoms. The first-order valence-electron chi connectivity index (χ1n) is 8.44. The van der Waals surface area contributed by atoms with Gasteiger partial charge in [-0.3, -0.25) is 4.99 Å². The molecule has 0 amide bonds. The first-order chi connectivity index (χ1) is 12.2. The Labute approximate surface area is 147 Å². The molecular formula is C20H23N3O2. The Hall–Kier alpha value is -2.95. The molecule has 1 aromatic heterocycles. The van der Waals surface area contributed by atoms with Gasteiger partial charge in [-0.1, -0.05) is 0 Å². The van der Waals surface area contributed by atoms with Crippen LogP contribution in [-0.2, 0) is 0 Å². The van der Waals surface area contributed by atoms with Crippen molar-refractivity contribution in [1.82, 2.24) is 4.98 Å². The third kappa shape index (κ3) is 3.45. The van der Waals surface area contributed by atoms with E-state index in [0.29, 0.717) is 5.56 Å². The fraction of sp³-hybridized carbons (Fsp3) is 0.250. The number of rotatable bonds is 6. The van der Waals surface area contributed by atoms with Gasteiger partial charge in [-0.2, -0.15) is 0 Å². The first-order valence-corrected chi connectivity index (χ1v) is 8.44. The number of anilines is 1. The summed E-state index contributed by atoms with van der Waals surface area (Å²) in [5, 5.41) is 11.0. The molecule has 0 aliphatic heterocycles. The fourth-order valence-electron chi connectivity index (χ4n) is 2.91. The molecule has 2 aromatic carbocycles. The Balaban J connectivity index is 1.89. The van der Waals surface area contributed by atoms with Gasteiger partial charge in [0.2, 0.25) is 0 Å². The van der Waals surface area contributed by atoms with Crippen molar-refractivity contribution in [3.05, 3.63) is 48.0 Å². The second kappa shape index (κ2) is 7.30. The molecule has 0 unspecified atom stereocenters. The largest absolute Gasteiger partial charge is 0.497 e. The van der Waals surface area contributed by atoms with Crippen molar-refractivity contribution < 1.29 is 9.84 Å². The Morgan fingerprint density at radius 2 is 1.84 bits per heavy atom. The molecule has 3 rings (SSSR count). The molecule has 0 aliphatic rings. The minimum atomic E-state index is 0.103. The zero-order valence-corrected chi connectivity index (χ0v) is 14.8. The van der Waals surface area contributed by atoms with Crippen molar-refractivity contribution in [1.29, 1.82) is 0 Å². The smallest absolute Gasteiger partial charge is 0.198 e. The number of aliphatic imine (C=N–C) groups is 1. The number of aromatic amines is 1. The third-order valence-electron chi connectivity index (χ3n) is 4.35. The van der Waals surface area contributed by atoms with Gasteiger partial charge in [0.25, 0.3) is 0 Å². The monoisotopic (exact) mass is 337 g/mol. The van der Waals surface area contributed by atoms with Gasteiger partial charge in [-0.25, -0.2) is 0 Å². The molecule has 0 fully saturated rings. The van der Waals surface area contributed by atoms with E-state index < -0.39 is 0 Å². The molecule has 0 atom stereocenters. The molecule has 5 heteroatoms. The molecule has 1 heterocycles. The number of H-pyrrole nitrogens is 1. The molecule has 0 spiro atoms. The van der Waals surface area contributed by atoms with Crippen LogP contribution in [0.1, 0.15) is 19.4 Å². The summed E-state index contributed by atoms with van der Waals surface area (Å²) in [6.07, 6.45) is 1.68. The molecule has 130 valence electrons. The number of hydrogen-bond donors (Lipinski definition) is 2. The van der Waals surface area contributed by atoms with Crippen molar-refractivity contribution in [2.45, 2.75) is 13.8 Å². The van der Waals surface area contributed by atoms with Gasteiger partial charge in [-0.15, -0.1) is 0 Å². The van der Waals surface area contributed by atoms with Crippen molar-refractivity contribution >= 4 is 28.5 Å². The molecule has 3 aromatic rings. The number of hydrogen-bond acceptors (Lipinski definition) is 4. The van der Waals surface area contributed by atoms with E-state index >= 15 is 0 Å². The lowest BCUT2D eigenvalue weighted by molar-refractivity contribution is 0.415. The summed E-state index contributed by atoms with van der Waals surface area (Å²) in [5.41, 5.74) is 3.52. The Bertz CT molecular complexity index is 878. The predicted octanol–water partition coefficient (Wildman–Crippen LogP) is 4.48. The van der Waals surface area contributed by atoms with Gasteiger partial charge in [0.05, 0.1) is 18.4 Å². The van der Waals surface area contributed by atoms with Crippen LogP contribution in [0.4, 0.5) is 11.4 Å². The summed E-state index contributed by atoms with van der Waals surface area (Å²) < 4.78 is 5.26. The zero-order valence-electron chi connectivity index (χ0n) is 14.8. The third-order valence-corrected chi connectivity index (χ3v) is 4.35. The Kier molecular flexibility index (Phi) is 4.93. The second-order valence-electron chi connectivity index (χ2n) is 5.75. The number of nitrogens with one attached hydrogen (secondary N) is 1. The van der Waals surface area contributed by atoms with Gasteiger partial charge in [0.1, 0.15) is 5.75 Å². The fourth-order valence-corrected chi connectivity index (χ4v) is 2.91. The number of ether oxygens (including phenoxy) is 1. The molecule has 0 aliphatic carbocycles. The highest BCUT2D eigenvalue weighted by atomic mass is 16.5. The molecular weight excluding hydrogens is 314 g/mol. The van der Waals surface area contributed by atoms with Gasteiger partial charge >= 0.3 is 0 Å². The van der Waals surface area contributed by atoms with Crippen LogP contribution in [0.15, 0.2) is 47.5 Å². The highest BCUT2D eigenvalue weighted by Gasteiger charge is 2.10. The van der Waals surface area contributed by atoms with Gasteiger partial charge in [0, 0.05) is 35.9 Å². The van der Waals surface area contributed by atoms with Crippen LogP contribution in [0.3, 0.4) is 0 Å². The van der Waals surface area contributed by atoms with Crippen LogP contribution in [-0.4, -0.2) is 36.5 Å². The van der Waals surface area contributed by atoms with E-state index in [1.807, 2.05) is 30.3 Å². The lowest BCUT2D eigenvalue weighted by Gasteiger charge is -2.20. The second-order valence-corrected chi connectivity index (χ2v) is 5.75. The summed E-state index contributed by atoms with van der Waals surface area (Å²) >= 11 is 0. The van der Waals surface area contributed by atoms with E-state index in [4.69, 9.17) is 4.74 Å². The Morgan fingerprint density at radius 3 is 2.48 bits per heavy atom. The average Bonchev–Trinajstić information content (AvgIpc) is 2.96. The SMILES string of the molecule is CCN(CC)c1ccc(N=Cc2c(O)[nH]c3ccc(OC)cc23)cc1. The van der Waals surface area contributed by atoms with Gasteiger partial charge in [0.15, 0.2) is 5.88 Å². The van der Waals surface area contributed by atoms with Gasteiger partial charge in [-0.05, 0) is 56.3 Å². The maximum absolute atomic E-state index is 10.2. The summed E-state index contributed by atoms with van der Waals surface area (Å²) in [5.74, 6) is 0.844. The summed E-state index contributed by atoms with van der Waals surface area (Å²) in [6.45, 7) is 6.24. The van der Waals surface area contributed by atoms with Crippen LogP contribution < -0.4 is 9.64 Å². The molecule has 2 N–H and O–H groups in total. The molecule has 5 nitrogen and oxygen atoms in total. The maximum Gasteiger partial charge on any atom is 0.198 e. The van der Waals surface area contributed by atoms with Gasteiger partial charge < -0.3 is 19.7 Å². The lowest BCUT2D eigenvalue weighted by Crippen LogP contribution is -2.21. The number of fused-ring (bicyclic) bond motifs is 1. The lowest BCUT2D eigenvalue weighted by atomic mass is 10.1. The highest BCUT2D eigenvalue weighted by Crippen LogP contribution is 2.29. The molecule has 0 radical (unpaired) electrons. The quantitative estimate of drug-likeness (QED) is 0.652. The number of methoxy groups -OCH3 is 1. The van der Waals surface area contributed by atoms with E-state index in [1.54, 1.807) is 13.3 Å². The number of aromatic hydroxyl groups is 1. The van der Waals surface area contributed by atoms with Crippen molar-refractivity contribution in [2.75, 3.05) is 25.1 Å². The van der Waals surface area contributed by atoms with E-state index in [9.17, 15) is 5.11 Å². The predicted molar refractivity (Wildman–Crippen MR) is 104 cm³/mol. The molecule has 0 saturated carbocycles. The zero-order chi connectivity index (χ0) is 17.8. The summed E-state index contributed by atoms with van der Waals surface area (Å²) in [7, 11) is 1.62. The standard InChI is InChI=1S/C20H23N3O2/c1-4-23(5-2)15-8-6-14(7-9-15)21-13-18-17-12-16(25-3)10-11-19(17)22-20(18)24/h6-13,22,24H,4-5H2,1-3H3. The van der Waals surface area contributed by atoms with Crippen LogP contribution in [0.5, 0.6) is 11.6 Å². The number of benzene rings is 2. The average molecular weight is 337 g/mol. The van der Waals surface area contributed by atoms with E-state index in [0.717, 1.165) is 35.4 Å². The van der Waals surface area contributed by atoms with E-state index in [-0.39, 0.29) is 5.88 Å². The first kappa shape index (κ1) is 16.9. The normalized spacial score (nSPS) is 11.3. The topological polar surface area (TPSA) is 60.8 Å². The maximum atomic E-state index is 10.2. The van der Waals surface area contributed by atoms with Crippen LogP contribution in [0.25, 0.3) is 10.9 Å². The van der Waals surface area contributed by atoms with E-state index in [2.05, 4.69) is 40.9 Å². The Morgan fingerprint density at radius 1 is 1.12 bits per heavy atom.